The third-order valence-corrected chi connectivity index (χ3v) is 7.23. The maximum absolute atomic E-state index is 12.6. The molecule has 3 N–H and O–H groups in total. The van der Waals surface area contributed by atoms with Crippen molar-refractivity contribution in [3.05, 3.63) is 23.8 Å². The molecule has 0 saturated heterocycles. The van der Waals surface area contributed by atoms with Gasteiger partial charge in [0.2, 0.25) is 5.91 Å². The van der Waals surface area contributed by atoms with E-state index in [1.807, 2.05) is 20.8 Å². The number of esters is 1. The summed E-state index contributed by atoms with van der Waals surface area (Å²) in [6.07, 6.45) is 6.32. The average Bonchev–Trinajstić information content (AvgIpc) is 2.68. The second-order valence-electron chi connectivity index (χ2n) is 8.56. The quantitative estimate of drug-likeness (QED) is 0.399. The Hall–Kier alpha value is -1.84. The number of rotatable bonds is 6. The van der Waals surface area contributed by atoms with Gasteiger partial charge in [-0.3, -0.25) is 9.59 Å². The monoisotopic (exact) mass is 471 g/mol. The first-order chi connectivity index (χ1) is 14.9. The predicted molar refractivity (Wildman–Crippen MR) is 124 cm³/mol. The molecule has 0 aromatic carbocycles. The number of hydrogen-bond acceptors (Lipinski definition) is 7. The van der Waals surface area contributed by atoms with E-state index in [0.717, 1.165) is 30.2 Å². The number of thioether (sulfide) groups is 1. The lowest BCUT2D eigenvalue weighted by molar-refractivity contribution is -0.151. The first-order valence-electron chi connectivity index (χ1n) is 10.8. The van der Waals surface area contributed by atoms with E-state index in [9.17, 15) is 24.6 Å². The minimum absolute atomic E-state index is 0.0184. The third kappa shape index (κ3) is 9.34. The van der Waals surface area contributed by atoms with Crippen molar-refractivity contribution >= 4 is 29.6 Å². The molecule has 1 amide bonds. The van der Waals surface area contributed by atoms with Gasteiger partial charge in [0.15, 0.2) is 0 Å². The Labute approximate surface area is 194 Å². The van der Waals surface area contributed by atoms with Gasteiger partial charge < -0.3 is 25.0 Å². The molecule has 1 aliphatic heterocycles. The van der Waals surface area contributed by atoms with Crippen molar-refractivity contribution < 1.29 is 34.1 Å². The van der Waals surface area contributed by atoms with E-state index < -0.39 is 34.7 Å². The summed E-state index contributed by atoms with van der Waals surface area (Å²) in [6.45, 7) is 8.63. The number of aliphatic carboxylic acids is 1. The molecule has 0 aromatic rings. The highest BCUT2D eigenvalue weighted by Crippen LogP contribution is 2.30. The van der Waals surface area contributed by atoms with E-state index >= 15 is 0 Å². The van der Waals surface area contributed by atoms with Crippen LogP contribution in [0.3, 0.4) is 0 Å². The van der Waals surface area contributed by atoms with Crippen molar-refractivity contribution in [2.24, 2.45) is 5.92 Å². The Morgan fingerprint density at radius 1 is 1.41 bits per heavy atom. The second-order valence-corrected chi connectivity index (χ2v) is 9.79. The van der Waals surface area contributed by atoms with E-state index in [-0.39, 0.29) is 30.3 Å². The third-order valence-electron chi connectivity index (χ3n) is 5.66. The number of allylic oxidation sites excluding steroid dienone is 1. The lowest BCUT2D eigenvalue weighted by atomic mass is 9.95. The van der Waals surface area contributed by atoms with Gasteiger partial charge in [0.25, 0.3) is 0 Å². The maximum atomic E-state index is 12.6. The number of methoxy groups -OCH3 is 1. The van der Waals surface area contributed by atoms with Crippen molar-refractivity contribution in [3.63, 3.8) is 0 Å². The first-order valence-corrected chi connectivity index (χ1v) is 11.8. The fourth-order valence-electron chi connectivity index (χ4n) is 3.32. The van der Waals surface area contributed by atoms with Crippen molar-refractivity contribution in [3.8, 4) is 0 Å². The summed E-state index contributed by atoms with van der Waals surface area (Å²) in [5.41, 5.74) is -0.451. The number of cyclic esters (lactones) is 1. The summed E-state index contributed by atoms with van der Waals surface area (Å²) in [6, 6.07) is -1.14. The molecule has 32 heavy (non-hydrogen) atoms. The summed E-state index contributed by atoms with van der Waals surface area (Å²) in [5, 5.41) is 22.2. The topological polar surface area (TPSA) is 122 Å². The molecule has 0 radical (unpaired) electrons. The molecule has 1 unspecified atom stereocenters. The number of carbonyl (C=O) groups excluding carboxylic acids is 2. The fourth-order valence-corrected chi connectivity index (χ4v) is 4.64. The molecule has 0 fully saturated rings. The molecule has 182 valence electrons. The molecule has 0 spiro atoms. The molecule has 1 aliphatic rings. The van der Waals surface area contributed by atoms with E-state index in [1.165, 1.54) is 6.92 Å². The number of carboxylic acid groups (broad SMARTS) is 1. The molecule has 0 saturated carbocycles. The van der Waals surface area contributed by atoms with E-state index in [0.29, 0.717) is 0 Å². The number of carbonyl (C=O) groups is 3. The number of amides is 1. The van der Waals surface area contributed by atoms with Crippen LogP contribution in [0.2, 0.25) is 0 Å². The standard InChI is InChI=1S/C23H37NO7S/c1-14-8-7-9-15(2)19(30-6)10-11-23(5,29)20(12-21(26)31-16(14)3)32-13-18(22(27)28)24-17(4)25/h9-11,14,16,18-20,29H,7-8,12-13H2,1-6H3,(H,24,25)(H,27,28)/b11-10+,15-9+/t14-,16+,18?,19-,20+,23+/m0/s1. The molecular weight excluding hydrogens is 434 g/mol. The zero-order valence-corrected chi connectivity index (χ0v) is 20.6. The number of aliphatic hydroxyl groups is 1. The molecule has 0 aliphatic carbocycles. The molecule has 9 heteroatoms. The summed E-state index contributed by atoms with van der Waals surface area (Å²) in [7, 11) is 1.59. The summed E-state index contributed by atoms with van der Waals surface area (Å²) in [5.74, 6) is -1.99. The number of ether oxygens (including phenoxy) is 2. The van der Waals surface area contributed by atoms with Gasteiger partial charge in [-0.2, -0.15) is 11.8 Å². The molecular formula is C23H37NO7S. The van der Waals surface area contributed by atoms with Crippen LogP contribution in [0.15, 0.2) is 23.8 Å². The van der Waals surface area contributed by atoms with E-state index in [1.54, 1.807) is 26.2 Å². The lowest BCUT2D eigenvalue weighted by Gasteiger charge is -2.31. The highest BCUT2D eigenvalue weighted by atomic mass is 32.2. The highest BCUT2D eigenvalue weighted by molar-refractivity contribution is 8.00. The van der Waals surface area contributed by atoms with Crippen molar-refractivity contribution in [1.29, 1.82) is 0 Å². The Morgan fingerprint density at radius 2 is 2.06 bits per heavy atom. The van der Waals surface area contributed by atoms with Crippen molar-refractivity contribution in [1.82, 2.24) is 5.32 Å². The van der Waals surface area contributed by atoms with Gasteiger partial charge in [0, 0.05) is 25.0 Å². The number of carboxylic acids is 1. The van der Waals surface area contributed by atoms with Gasteiger partial charge >= 0.3 is 11.9 Å². The SMILES string of the molecule is CO[C@H]1/C=C/[C@@](C)(O)[C@H](SCC(NC(C)=O)C(=O)O)CC(=O)O[C@H](C)[C@@H](C)CC/C=C/1C. The van der Waals surface area contributed by atoms with Crippen LogP contribution in [-0.4, -0.2) is 70.0 Å². The molecule has 8 nitrogen and oxygen atoms in total. The molecule has 1 heterocycles. The smallest absolute Gasteiger partial charge is 0.327 e. The summed E-state index contributed by atoms with van der Waals surface area (Å²) in [4.78, 5) is 35.5. The molecule has 1 rings (SSSR count). The Bertz CT molecular complexity index is 719. The van der Waals surface area contributed by atoms with Crippen LogP contribution < -0.4 is 5.32 Å². The minimum Gasteiger partial charge on any atom is -0.480 e. The van der Waals surface area contributed by atoms with Crippen LogP contribution in [0.5, 0.6) is 0 Å². The van der Waals surface area contributed by atoms with Crippen molar-refractivity contribution in [2.45, 2.75) is 83.0 Å². The van der Waals surface area contributed by atoms with Crippen LogP contribution in [0.25, 0.3) is 0 Å². The zero-order chi connectivity index (χ0) is 24.5. The molecule has 0 aromatic heterocycles. The Balaban J connectivity index is 3.20. The van der Waals surface area contributed by atoms with Crippen LogP contribution in [0.1, 0.15) is 53.9 Å². The van der Waals surface area contributed by atoms with Crippen molar-refractivity contribution in [2.75, 3.05) is 12.9 Å². The van der Waals surface area contributed by atoms with Gasteiger partial charge in [-0.15, -0.1) is 0 Å². The number of nitrogens with one attached hydrogen (secondary N) is 1. The normalized spacial score (nSPS) is 33.7. The molecule has 0 bridgehead atoms. The zero-order valence-electron chi connectivity index (χ0n) is 19.8. The maximum Gasteiger partial charge on any atom is 0.327 e. The average molecular weight is 472 g/mol. The van der Waals surface area contributed by atoms with E-state index in [4.69, 9.17) is 9.47 Å². The number of hydrogen-bond donors (Lipinski definition) is 3. The summed E-state index contributed by atoms with van der Waals surface area (Å²) >= 11 is 1.11. The van der Waals surface area contributed by atoms with E-state index in [2.05, 4.69) is 11.4 Å². The largest absolute Gasteiger partial charge is 0.480 e. The van der Waals surface area contributed by atoms with Crippen LogP contribution >= 0.6 is 11.8 Å². The Morgan fingerprint density at radius 3 is 2.62 bits per heavy atom. The van der Waals surface area contributed by atoms with Gasteiger partial charge in [-0.25, -0.2) is 4.79 Å². The predicted octanol–water partition coefficient (Wildman–Crippen LogP) is 2.70. The summed E-state index contributed by atoms with van der Waals surface area (Å²) < 4.78 is 11.1. The fraction of sp³-hybridized carbons (Fsp3) is 0.696. The second kappa shape index (κ2) is 13.0. The van der Waals surface area contributed by atoms with Crippen LogP contribution in [-0.2, 0) is 23.9 Å². The van der Waals surface area contributed by atoms with Gasteiger partial charge in [-0.05, 0) is 45.1 Å². The Kier molecular flexibility index (Phi) is 11.5. The van der Waals surface area contributed by atoms with Crippen LogP contribution in [0, 0.1) is 5.92 Å². The van der Waals surface area contributed by atoms with Crippen LogP contribution in [0.4, 0.5) is 0 Å². The van der Waals surface area contributed by atoms with Gasteiger partial charge in [-0.1, -0.05) is 25.2 Å². The van der Waals surface area contributed by atoms with Gasteiger partial charge in [0.05, 0.1) is 18.1 Å². The van der Waals surface area contributed by atoms with Gasteiger partial charge in [0.1, 0.15) is 12.1 Å². The highest BCUT2D eigenvalue weighted by Gasteiger charge is 2.35. The minimum atomic E-state index is -1.46. The first kappa shape index (κ1) is 28.2. The lowest BCUT2D eigenvalue weighted by Crippen LogP contribution is -2.44. The molecule has 6 atom stereocenters.